The van der Waals surface area contributed by atoms with Crippen molar-refractivity contribution in [2.75, 3.05) is 0 Å². The highest BCUT2D eigenvalue weighted by Crippen LogP contribution is 2.18. The van der Waals surface area contributed by atoms with Gasteiger partial charge in [0.15, 0.2) is 0 Å². The monoisotopic (exact) mass is 234 g/mol. The number of allylic oxidation sites excluding steroid dienone is 2. The van der Waals surface area contributed by atoms with Crippen molar-refractivity contribution in [3.8, 4) is 0 Å². The Labute approximate surface area is 101 Å². The molecule has 2 heteroatoms. The molecule has 0 spiro atoms. The van der Waals surface area contributed by atoms with Crippen molar-refractivity contribution < 1.29 is 5.11 Å². The van der Waals surface area contributed by atoms with Crippen LogP contribution < -0.4 is 0 Å². The highest BCUT2D eigenvalue weighted by atomic mass is 35.5. The molecule has 1 aromatic carbocycles. The van der Waals surface area contributed by atoms with Crippen molar-refractivity contribution in [2.24, 2.45) is 0 Å². The van der Waals surface area contributed by atoms with Gasteiger partial charge in [-0.2, -0.15) is 0 Å². The summed E-state index contributed by atoms with van der Waals surface area (Å²) in [6.45, 7) is 0. The van der Waals surface area contributed by atoms with E-state index in [1.807, 2.05) is 30.3 Å². The topological polar surface area (TPSA) is 20.2 Å². The molecule has 2 rings (SSSR count). The fraction of sp³-hybridized carbons (Fsp3) is 0.286. The summed E-state index contributed by atoms with van der Waals surface area (Å²) in [6, 6.07) is 7.65. The smallest absolute Gasteiger partial charge is 0.0827 e. The van der Waals surface area contributed by atoms with E-state index in [4.69, 9.17) is 11.6 Å². The molecular weight excluding hydrogens is 220 g/mol. The van der Waals surface area contributed by atoms with E-state index in [-0.39, 0.29) is 0 Å². The number of benzene rings is 1. The molecule has 0 aromatic heterocycles. The van der Waals surface area contributed by atoms with Crippen molar-refractivity contribution in [1.29, 1.82) is 0 Å². The normalized spacial score (nSPS) is 17.0. The van der Waals surface area contributed by atoms with Crippen molar-refractivity contribution in [1.82, 2.24) is 0 Å². The van der Waals surface area contributed by atoms with Gasteiger partial charge in [-0.3, -0.25) is 0 Å². The third-order valence-corrected chi connectivity index (χ3v) is 2.96. The standard InChI is InChI=1S/C14H15ClO/c15-13-8-4-5-11(9-13)10-14(16)12-6-2-1-3-7-12/h2,4-9,14,16H,1,3,10H2. The maximum atomic E-state index is 10.1. The number of hydrogen-bond acceptors (Lipinski definition) is 1. The fourth-order valence-electron chi connectivity index (χ4n) is 1.89. The second-order valence-electron chi connectivity index (χ2n) is 4.03. The minimum atomic E-state index is -0.421. The first-order valence-corrected chi connectivity index (χ1v) is 5.92. The van der Waals surface area contributed by atoms with Crippen molar-refractivity contribution >= 4 is 11.6 Å². The predicted octanol–water partition coefficient (Wildman–Crippen LogP) is 3.52. The van der Waals surface area contributed by atoms with Gasteiger partial charge in [0.25, 0.3) is 0 Å². The molecular formula is C14H15ClO. The van der Waals surface area contributed by atoms with Crippen LogP contribution in [0.3, 0.4) is 0 Å². The van der Waals surface area contributed by atoms with Gasteiger partial charge in [0.1, 0.15) is 0 Å². The fourth-order valence-corrected chi connectivity index (χ4v) is 2.10. The molecule has 0 radical (unpaired) electrons. The van der Waals surface area contributed by atoms with Crippen LogP contribution in [0.4, 0.5) is 0 Å². The minimum Gasteiger partial charge on any atom is -0.388 e. The summed E-state index contributed by atoms with van der Waals surface area (Å²) < 4.78 is 0. The van der Waals surface area contributed by atoms with Gasteiger partial charge in [0, 0.05) is 11.4 Å². The molecule has 0 bridgehead atoms. The number of rotatable bonds is 3. The van der Waals surface area contributed by atoms with Crippen LogP contribution >= 0.6 is 11.6 Å². The number of halogens is 1. The van der Waals surface area contributed by atoms with Crippen LogP contribution in [0.2, 0.25) is 5.02 Å². The molecule has 1 N–H and O–H groups in total. The first-order chi connectivity index (χ1) is 7.75. The van der Waals surface area contributed by atoms with Gasteiger partial charge in [-0.05, 0) is 36.1 Å². The van der Waals surface area contributed by atoms with E-state index in [0.717, 1.165) is 29.0 Å². The first kappa shape index (κ1) is 11.4. The van der Waals surface area contributed by atoms with Gasteiger partial charge < -0.3 is 5.11 Å². The third-order valence-electron chi connectivity index (χ3n) is 2.73. The quantitative estimate of drug-likeness (QED) is 0.849. The van der Waals surface area contributed by atoms with Crippen LogP contribution in [0.5, 0.6) is 0 Å². The highest BCUT2D eigenvalue weighted by molar-refractivity contribution is 6.30. The zero-order chi connectivity index (χ0) is 11.4. The number of aliphatic hydroxyl groups is 1. The van der Waals surface area contributed by atoms with Crippen LogP contribution in [0.25, 0.3) is 0 Å². The zero-order valence-electron chi connectivity index (χ0n) is 9.07. The molecule has 1 aromatic rings. The summed E-state index contributed by atoms with van der Waals surface area (Å²) >= 11 is 5.90. The molecule has 0 aliphatic heterocycles. The van der Waals surface area contributed by atoms with E-state index < -0.39 is 6.10 Å². The van der Waals surface area contributed by atoms with E-state index in [2.05, 4.69) is 12.2 Å². The van der Waals surface area contributed by atoms with E-state index in [1.54, 1.807) is 0 Å². The molecule has 1 aliphatic carbocycles. The van der Waals surface area contributed by atoms with Crippen LogP contribution in [0.1, 0.15) is 18.4 Å². The molecule has 84 valence electrons. The molecule has 1 aliphatic rings. The van der Waals surface area contributed by atoms with Gasteiger partial charge in [-0.25, -0.2) is 0 Å². The SMILES string of the molecule is OC(Cc1cccc(Cl)c1)C1=CCCC=C1. The number of hydrogen-bond donors (Lipinski definition) is 1. The Morgan fingerprint density at radius 2 is 2.19 bits per heavy atom. The molecule has 0 saturated heterocycles. The van der Waals surface area contributed by atoms with Crippen LogP contribution in [0.15, 0.2) is 48.1 Å². The predicted molar refractivity (Wildman–Crippen MR) is 67.6 cm³/mol. The van der Waals surface area contributed by atoms with Crippen molar-refractivity contribution in [3.05, 3.63) is 58.7 Å². The summed E-state index contributed by atoms with van der Waals surface area (Å²) in [5.41, 5.74) is 2.09. The van der Waals surface area contributed by atoms with Crippen molar-refractivity contribution in [3.63, 3.8) is 0 Å². The lowest BCUT2D eigenvalue weighted by Gasteiger charge is -2.14. The summed E-state index contributed by atoms with van der Waals surface area (Å²) in [5.74, 6) is 0. The van der Waals surface area contributed by atoms with Crippen LogP contribution in [0, 0.1) is 0 Å². The average Bonchev–Trinajstić information content (AvgIpc) is 2.30. The highest BCUT2D eigenvalue weighted by Gasteiger charge is 2.10. The molecule has 1 unspecified atom stereocenters. The Balaban J connectivity index is 2.04. The van der Waals surface area contributed by atoms with Gasteiger partial charge >= 0.3 is 0 Å². The van der Waals surface area contributed by atoms with Gasteiger partial charge in [-0.15, -0.1) is 0 Å². The summed E-state index contributed by atoms with van der Waals surface area (Å²) in [5, 5.41) is 10.8. The van der Waals surface area contributed by atoms with Gasteiger partial charge in [-0.1, -0.05) is 42.0 Å². The van der Waals surface area contributed by atoms with E-state index in [9.17, 15) is 5.11 Å². The maximum absolute atomic E-state index is 10.1. The minimum absolute atomic E-state index is 0.421. The third kappa shape index (κ3) is 2.97. The molecule has 0 saturated carbocycles. The second kappa shape index (κ2) is 5.33. The molecule has 1 atom stereocenters. The Morgan fingerprint density at radius 3 is 2.88 bits per heavy atom. The summed E-state index contributed by atoms with van der Waals surface area (Å²) in [6.07, 6.45) is 8.53. The largest absolute Gasteiger partial charge is 0.388 e. The molecule has 16 heavy (non-hydrogen) atoms. The van der Waals surface area contributed by atoms with E-state index in [0.29, 0.717) is 6.42 Å². The summed E-state index contributed by atoms with van der Waals surface area (Å²) in [4.78, 5) is 0. The molecule has 0 fully saturated rings. The number of aliphatic hydroxyl groups excluding tert-OH is 1. The molecule has 1 nitrogen and oxygen atoms in total. The molecule has 0 heterocycles. The zero-order valence-corrected chi connectivity index (χ0v) is 9.82. The van der Waals surface area contributed by atoms with Gasteiger partial charge in [0.2, 0.25) is 0 Å². The van der Waals surface area contributed by atoms with Crippen molar-refractivity contribution in [2.45, 2.75) is 25.4 Å². The Morgan fingerprint density at radius 1 is 1.31 bits per heavy atom. The lowest BCUT2D eigenvalue weighted by Crippen LogP contribution is -2.13. The second-order valence-corrected chi connectivity index (χ2v) is 4.47. The Kier molecular flexibility index (Phi) is 3.81. The van der Waals surface area contributed by atoms with Crippen LogP contribution in [-0.4, -0.2) is 11.2 Å². The summed E-state index contributed by atoms with van der Waals surface area (Å²) in [7, 11) is 0. The Hall–Kier alpha value is -1.05. The van der Waals surface area contributed by atoms with E-state index >= 15 is 0 Å². The van der Waals surface area contributed by atoms with Gasteiger partial charge in [0.05, 0.1) is 6.10 Å². The van der Waals surface area contributed by atoms with Crippen LogP contribution in [-0.2, 0) is 6.42 Å². The Bertz CT molecular complexity index is 420. The molecule has 0 amide bonds. The average molecular weight is 235 g/mol. The first-order valence-electron chi connectivity index (χ1n) is 5.55. The lowest BCUT2D eigenvalue weighted by atomic mass is 9.97. The maximum Gasteiger partial charge on any atom is 0.0827 e. The lowest BCUT2D eigenvalue weighted by molar-refractivity contribution is 0.214. The van der Waals surface area contributed by atoms with E-state index in [1.165, 1.54) is 0 Å².